The predicted octanol–water partition coefficient (Wildman–Crippen LogP) is 1.76. The Morgan fingerprint density at radius 3 is 3.06 bits per heavy atom. The molecule has 2 saturated heterocycles. The summed E-state index contributed by atoms with van der Waals surface area (Å²) >= 11 is 3.31. The number of pyridine rings is 1. The second-order valence-electron chi connectivity index (χ2n) is 4.93. The van der Waals surface area contributed by atoms with Crippen molar-refractivity contribution in [2.24, 2.45) is 0 Å². The second-order valence-corrected chi connectivity index (χ2v) is 5.74. The molecule has 1 aromatic heterocycles. The van der Waals surface area contributed by atoms with Crippen molar-refractivity contribution in [3.8, 4) is 0 Å². The van der Waals surface area contributed by atoms with Gasteiger partial charge in [0, 0.05) is 25.7 Å². The average Bonchev–Trinajstić information content (AvgIpc) is 2.85. The zero-order valence-electron chi connectivity index (χ0n) is 10.2. The minimum absolute atomic E-state index is 0.0582. The van der Waals surface area contributed by atoms with Gasteiger partial charge >= 0.3 is 0 Å². The van der Waals surface area contributed by atoms with Gasteiger partial charge in [0.25, 0.3) is 5.91 Å². The van der Waals surface area contributed by atoms with Gasteiger partial charge < -0.3 is 4.90 Å². The highest BCUT2D eigenvalue weighted by Crippen LogP contribution is 2.22. The van der Waals surface area contributed by atoms with E-state index in [4.69, 9.17) is 0 Å². The van der Waals surface area contributed by atoms with Gasteiger partial charge in [-0.05, 0) is 47.4 Å². The molecule has 96 valence electrons. The number of carbonyl (C=O) groups is 1. The van der Waals surface area contributed by atoms with Crippen LogP contribution in [0, 0.1) is 0 Å². The van der Waals surface area contributed by atoms with Crippen LogP contribution in [0.5, 0.6) is 0 Å². The predicted molar refractivity (Wildman–Crippen MR) is 72.4 cm³/mol. The van der Waals surface area contributed by atoms with E-state index >= 15 is 0 Å². The summed E-state index contributed by atoms with van der Waals surface area (Å²) in [7, 11) is 0. The van der Waals surface area contributed by atoms with Crippen molar-refractivity contribution in [3.63, 3.8) is 0 Å². The molecule has 0 N–H and O–H groups in total. The van der Waals surface area contributed by atoms with E-state index in [9.17, 15) is 4.79 Å². The van der Waals surface area contributed by atoms with E-state index in [1.54, 1.807) is 6.07 Å². The van der Waals surface area contributed by atoms with Gasteiger partial charge in [-0.2, -0.15) is 0 Å². The maximum absolute atomic E-state index is 12.4. The summed E-state index contributed by atoms with van der Waals surface area (Å²) in [5.41, 5.74) is 0.538. The van der Waals surface area contributed by atoms with Gasteiger partial charge in [-0.25, -0.2) is 4.98 Å². The molecule has 1 aromatic rings. The molecule has 5 heteroatoms. The Labute approximate surface area is 115 Å². The first-order valence-corrected chi connectivity index (χ1v) is 7.19. The SMILES string of the molecule is O=C(c1cccc(Br)n1)N1CCN2CCCC2C1. The standard InChI is InChI=1S/C13H16BrN3O/c14-12-5-1-4-11(15-12)13(18)17-8-7-16-6-2-3-10(16)9-17/h1,4-5,10H,2-3,6-9H2. The summed E-state index contributed by atoms with van der Waals surface area (Å²) in [5.74, 6) is 0.0582. The number of carbonyl (C=O) groups excluding carboxylic acids is 1. The van der Waals surface area contributed by atoms with Crippen molar-refractivity contribution < 1.29 is 4.79 Å². The van der Waals surface area contributed by atoms with E-state index in [2.05, 4.69) is 25.8 Å². The second kappa shape index (κ2) is 4.97. The highest BCUT2D eigenvalue weighted by atomic mass is 79.9. The molecule has 3 rings (SSSR count). The summed E-state index contributed by atoms with van der Waals surface area (Å²) in [6.07, 6.45) is 2.48. The third kappa shape index (κ3) is 2.29. The molecule has 2 fully saturated rings. The lowest BCUT2D eigenvalue weighted by molar-refractivity contribution is 0.0565. The maximum Gasteiger partial charge on any atom is 0.272 e. The molecule has 18 heavy (non-hydrogen) atoms. The summed E-state index contributed by atoms with van der Waals surface area (Å²) in [4.78, 5) is 21.1. The Morgan fingerprint density at radius 1 is 1.33 bits per heavy atom. The fourth-order valence-electron chi connectivity index (χ4n) is 2.86. The minimum atomic E-state index is 0.0582. The molecule has 1 unspecified atom stereocenters. The van der Waals surface area contributed by atoms with Crippen LogP contribution >= 0.6 is 15.9 Å². The van der Waals surface area contributed by atoms with Gasteiger partial charge in [-0.3, -0.25) is 9.69 Å². The van der Waals surface area contributed by atoms with Crippen LogP contribution in [0.2, 0.25) is 0 Å². The normalized spacial score (nSPS) is 24.1. The van der Waals surface area contributed by atoms with Crippen LogP contribution in [0.15, 0.2) is 22.8 Å². The van der Waals surface area contributed by atoms with Crippen molar-refractivity contribution in [2.75, 3.05) is 26.2 Å². The van der Waals surface area contributed by atoms with E-state index in [0.717, 1.165) is 19.6 Å². The lowest BCUT2D eigenvalue weighted by atomic mass is 10.1. The highest BCUT2D eigenvalue weighted by Gasteiger charge is 2.32. The van der Waals surface area contributed by atoms with Crippen LogP contribution in [0.3, 0.4) is 0 Å². The molecule has 1 atom stereocenters. The molecule has 0 saturated carbocycles. The first kappa shape index (κ1) is 12.1. The molecule has 3 heterocycles. The lowest BCUT2D eigenvalue weighted by Crippen LogP contribution is -2.52. The molecule has 0 aliphatic carbocycles. The zero-order valence-corrected chi connectivity index (χ0v) is 11.8. The fourth-order valence-corrected chi connectivity index (χ4v) is 3.21. The number of aromatic nitrogens is 1. The van der Waals surface area contributed by atoms with Gasteiger partial charge in [-0.15, -0.1) is 0 Å². The van der Waals surface area contributed by atoms with Gasteiger partial charge in [0.2, 0.25) is 0 Å². The lowest BCUT2D eigenvalue weighted by Gasteiger charge is -2.37. The number of fused-ring (bicyclic) bond motifs is 1. The molecule has 0 spiro atoms. The first-order valence-electron chi connectivity index (χ1n) is 6.40. The van der Waals surface area contributed by atoms with Gasteiger partial charge in [0.1, 0.15) is 10.3 Å². The molecule has 0 radical (unpaired) electrons. The van der Waals surface area contributed by atoms with E-state index in [0.29, 0.717) is 16.3 Å². The van der Waals surface area contributed by atoms with Crippen molar-refractivity contribution in [3.05, 3.63) is 28.5 Å². The monoisotopic (exact) mass is 309 g/mol. The van der Waals surface area contributed by atoms with Crippen LogP contribution in [0.4, 0.5) is 0 Å². The topological polar surface area (TPSA) is 36.4 Å². The highest BCUT2D eigenvalue weighted by molar-refractivity contribution is 9.10. The number of hydrogen-bond donors (Lipinski definition) is 0. The summed E-state index contributed by atoms with van der Waals surface area (Å²) < 4.78 is 0.716. The fraction of sp³-hybridized carbons (Fsp3) is 0.538. The molecule has 4 nitrogen and oxygen atoms in total. The Morgan fingerprint density at radius 2 is 2.22 bits per heavy atom. The zero-order chi connectivity index (χ0) is 12.5. The van der Waals surface area contributed by atoms with Crippen LogP contribution in [-0.4, -0.2) is 52.9 Å². The largest absolute Gasteiger partial charge is 0.334 e. The Hall–Kier alpha value is -0.940. The Balaban J connectivity index is 1.73. The molecular formula is C13H16BrN3O. The van der Waals surface area contributed by atoms with E-state index < -0.39 is 0 Å². The number of amides is 1. The smallest absolute Gasteiger partial charge is 0.272 e. The summed E-state index contributed by atoms with van der Waals surface area (Å²) in [5, 5.41) is 0. The van der Waals surface area contributed by atoms with Crippen LogP contribution in [0.25, 0.3) is 0 Å². The van der Waals surface area contributed by atoms with Crippen molar-refractivity contribution in [2.45, 2.75) is 18.9 Å². The van der Waals surface area contributed by atoms with E-state index in [1.165, 1.54) is 19.4 Å². The summed E-state index contributed by atoms with van der Waals surface area (Å²) in [6, 6.07) is 6.05. The van der Waals surface area contributed by atoms with Gasteiger partial charge in [0.15, 0.2) is 0 Å². The van der Waals surface area contributed by atoms with Gasteiger partial charge in [-0.1, -0.05) is 6.07 Å². The van der Waals surface area contributed by atoms with Gasteiger partial charge in [0.05, 0.1) is 0 Å². The number of rotatable bonds is 1. The van der Waals surface area contributed by atoms with E-state index in [-0.39, 0.29) is 5.91 Å². The maximum atomic E-state index is 12.4. The molecule has 0 aromatic carbocycles. The number of hydrogen-bond acceptors (Lipinski definition) is 3. The third-order valence-electron chi connectivity index (χ3n) is 3.81. The molecule has 2 aliphatic heterocycles. The Kier molecular flexibility index (Phi) is 3.35. The number of halogens is 1. The molecule has 1 amide bonds. The van der Waals surface area contributed by atoms with Crippen LogP contribution < -0.4 is 0 Å². The Bertz CT molecular complexity index is 465. The van der Waals surface area contributed by atoms with Crippen molar-refractivity contribution in [1.29, 1.82) is 0 Å². The number of nitrogens with zero attached hydrogens (tertiary/aromatic N) is 3. The van der Waals surface area contributed by atoms with Crippen molar-refractivity contribution in [1.82, 2.24) is 14.8 Å². The third-order valence-corrected chi connectivity index (χ3v) is 4.25. The van der Waals surface area contributed by atoms with Crippen LogP contribution in [0.1, 0.15) is 23.3 Å². The van der Waals surface area contributed by atoms with Crippen LogP contribution in [-0.2, 0) is 0 Å². The summed E-state index contributed by atoms with van der Waals surface area (Å²) in [6.45, 7) is 3.88. The number of piperazine rings is 1. The van der Waals surface area contributed by atoms with Crippen molar-refractivity contribution >= 4 is 21.8 Å². The first-order chi connectivity index (χ1) is 8.74. The average molecular weight is 310 g/mol. The molecular weight excluding hydrogens is 294 g/mol. The van der Waals surface area contributed by atoms with E-state index in [1.807, 2.05) is 17.0 Å². The minimum Gasteiger partial charge on any atom is -0.334 e. The quantitative estimate of drug-likeness (QED) is 0.742. The molecule has 2 aliphatic rings. The molecule has 0 bridgehead atoms.